The van der Waals surface area contributed by atoms with Gasteiger partial charge in [-0.05, 0) is 18.6 Å². The van der Waals surface area contributed by atoms with Crippen molar-refractivity contribution in [2.24, 2.45) is 0 Å². The van der Waals surface area contributed by atoms with Crippen molar-refractivity contribution in [1.29, 1.82) is 0 Å². The molecule has 0 unspecified atom stereocenters. The molecule has 0 amide bonds. The Balaban J connectivity index is 2.20. The summed E-state index contributed by atoms with van der Waals surface area (Å²) in [4.78, 5) is 21.6. The van der Waals surface area contributed by atoms with Crippen LogP contribution in [0.25, 0.3) is 0 Å². The highest BCUT2D eigenvalue weighted by Crippen LogP contribution is 2.30. The third kappa shape index (κ3) is 3.09. The first-order valence-corrected chi connectivity index (χ1v) is 5.86. The summed E-state index contributed by atoms with van der Waals surface area (Å²) in [5.41, 5.74) is 1.46. The summed E-state index contributed by atoms with van der Waals surface area (Å²) in [6.07, 6.45) is 1.83. The lowest BCUT2D eigenvalue weighted by molar-refractivity contribution is -0.384. The fraction of sp³-hybridized carbons (Fsp3) is 0.308. The van der Waals surface area contributed by atoms with Crippen molar-refractivity contribution in [3.8, 4) is 5.75 Å². The first-order valence-electron chi connectivity index (χ1n) is 5.86. The zero-order chi connectivity index (χ0) is 13.8. The van der Waals surface area contributed by atoms with Gasteiger partial charge in [-0.2, -0.15) is 0 Å². The van der Waals surface area contributed by atoms with Gasteiger partial charge >= 0.3 is 5.97 Å². The van der Waals surface area contributed by atoms with Crippen LogP contribution in [0.5, 0.6) is 5.75 Å². The van der Waals surface area contributed by atoms with E-state index < -0.39 is 10.9 Å². The van der Waals surface area contributed by atoms with Crippen molar-refractivity contribution in [1.82, 2.24) is 0 Å². The van der Waals surface area contributed by atoms with Crippen LogP contribution in [0.15, 0.2) is 29.8 Å². The molecular formula is C13H13NO5. The van der Waals surface area contributed by atoms with Gasteiger partial charge in [0.15, 0.2) is 0 Å². The van der Waals surface area contributed by atoms with E-state index in [1.54, 1.807) is 13.0 Å². The Bertz CT molecular complexity index is 550. The minimum Gasteiger partial charge on any atom is -0.489 e. The largest absolute Gasteiger partial charge is 0.489 e. The number of carbonyl (C=O) groups excluding carboxylic acids is 1. The summed E-state index contributed by atoms with van der Waals surface area (Å²) in [6, 6.07) is 4.45. The van der Waals surface area contributed by atoms with Crippen LogP contribution in [0.4, 0.5) is 5.69 Å². The number of nitro groups is 1. The third-order valence-corrected chi connectivity index (χ3v) is 2.69. The molecule has 100 valence electrons. The highest BCUT2D eigenvalue weighted by Gasteiger charge is 2.18. The van der Waals surface area contributed by atoms with Gasteiger partial charge in [-0.25, -0.2) is 4.79 Å². The number of esters is 1. The molecule has 0 saturated carbocycles. The van der Waals surface area contributed by atoms with Gasteiger partial charge in [0.05, 0.1) is 11.5 Å². The summed E-state index contributed by atoms with van der Waals surface area (Å²) in [7, 11) is 0. The molecule has 1 aliphatic heterocycles. The lowest BCUT2D eigenvalue weighted by atomic mass is 10.0. The van der Waals surface area contributed by atoms with E-state index in [1.165, 1.54) is 18.2 Å². The normalized spacial score (nSPS) is 15.5. The number of hydrogen-bond donors (Lipinski definition) is 0. The van der Waals surface area contributed by atoms with Crippen LogP contribution in [0, 0.1) is 10.1 Å². The van der Waals surface area contributed by atoms with E-state index in [4.69, 9.17) is 9.47 Å². The van der Waals surface area contributed by atoms with Crippen molar-refractivity contribution in [2.75, 3.05) is 13.2 Å². The lowest BCUT2D eigenvalue weighted by Gasteiger charge is -2.19. The van der Waals surface area contributed by atoms with E-state index in [0.717, 1.165) is 5.57 Å². The molecule has 19 heavy (non-hydrogen) atoms. The van der Waals surface area contributed by atoms with Crippen LogP contribution in [0.2, 0.25) is 0 Å². The minimum atomic E-state index is -0.455. The second-order valence-electron chi connectivity index (χ2n) is 4.07. The number of hydrogen-bond acceptors (Lipinski definition) is 5. The van der Waals surface area contributed by atoms with Crippen LogP contribution in [0.3, 0.4) is 0 Å². The fourth-order valence-electron chi connectivity index (χ4n) is 1.87. The maximum atomic E-state index is 11.3. The van der Waals surface area contributed by atoms with E-state index >= 15 is 0 Å². The zero-order valence-corrected chi connectivity index (χ0v) is 10.4. The third-order valence-electron chi connectivity index (χ3n) is 2.69. The summed E-state index contributed by atoms with van der Waals surface area (Å²) in [5, 5.41) is 10.7. The Labute approximate surface area is 109 Å². The van der Waals surface area contributed by atoms with Gasteiger partial charge in [-0.1, -0.05) is 0 Å². The Kier molecular flexibility index (Phi) is 3.79. The topological polar surface area (TPSA) is 78.7 Å². The highest BCUT2D eigenvalue weighted by molar-refractivity contribution is 5.83. The molecule has 1 aromatic rings. The zero-order valence-electron chi connectivity index (χ0n) is 10.4. The molecule has 0 spiro atoms. The monoisotopic (exact) mass is 263 g/mol. The Morgan fingerprint density at radius 1 is 1.58 bits per heavy atom. The molecule has 0 saturated heterocycles. The van der Waals surface area contributed by atoms with Crippen LogP contribution in [-0.2, 0) is 16.0 Å². The number of carbonyl (C=O) groups is 1. The highest BCUT2D eigenvalue weighted by atomic mass is 16.6. The molecule has 1 heterocycles. The Morgan fingerprint density at radius 3 is 3.05 bits per heavy atom. The number of non-ortho nitro benzene ring substituents is 1. The molecular weight excluding hydrogens is 250 g/mol. The van der Waals surface area contributed by atoms with Gasteiger partial charge in [-0.3, -0.25) is 10.1 Å². The van der Waals surface area contributed by atoms with Gasteiger partial charge in [0.1, 0.15) is 12.4 Å². The van der Waals surface area contributed by atoms with E-state index in [2.05, 4.69) is 0 Å². The number of ether oxygens (including phenoxy) is 2. The van der Waals surface area contributed by atoms with Crippen molar-refractivity contribution < 1.29 is 19.2 Å². The Hall–Kier alpha value is -2.37. The van der Waals surface area contributed by atoms with Gasteiger partial charge in [0.25, 0.3) is 5.69 Å². The van der Waals surface area contributed by atoms with E-state index in [1.807, 2.05) is 0 Å². The molecule has 1 aliphatic rings. The number of nitrogens with zero attached hydrogens (tertiary/aromatic N) is 1. The van der Waals surface area contributed by atoms with Crippen LogP contribution in [-0.4, -0.2) is 24.1 Å². The SMILES string of the molecule is CCOC(=O)/C=C1\COc2ccc([N+](=O)[O-])cc2C1. The number of nitro benzene ring substituents is 1. The lowest BCUT2D eigenvalue weighted by Crippen LogP contribution is -2.14. The van der Waals surface area contributed by atoms with E-state index in [9.17, 15) is 14.9 Å². The average Bonchev–Trinajstić information content (AvgIpc) is 2.38. The first kappa shape index (κ1) is 13.1. The van der Waals surface area contributed by atoms with Gasteiger partial charge in [-0.15, -0.1) is 0 Å². The first-order chi connectivity index (χ1) is 9.10. The quantitative estimate of drug-likeness (QED) is 0.361. The second-order valence-corrected chi connectivity index (χ2v) is 4.07. The maximum Gasteiger partial charge on any atom is 0.330 e. The molecule has 0 bridgehead atoms. The number of benzene rings is 1. The number of fused-ring (bicyclic) bond motifs is 1. The molecule has 6 heteroatoms. The van der Waals surface area contributed by atoms with Gasteiger partial charge in [0.2, 0.25) is 0 Å². The smallest absolute Gasteiger partial charge is 0.330 e. The summed E-state index contributed by atoms with van der Waals surface area (Å²) >= 11 is 0. The molecule has 2 rings (SSSR count). The molecule has 0 aliphatic carbocycles. The summed E-state index contributed by atoms with van der Waals surface area (Å²) < 4.78 is 10.3. The van der Waals surface area contributed by atoms with Crippen LogP contribution >= 0.6 is 0 Å². The molecule has 6 nitrogen and oxygen atoms in total. The molecule has 0 fully saturated rings. The summed E-state index contributed by atoms with van der Waals surface area (Å²) in [6.45, 7) is 2.33. The molecule has 0 radical (unpaired) electrons. The van der Waals surface area contributed by atoms with E-state index in [-0.39, 0.29) is 5.69 Å². The van der Waals surface area contributed by atoms with Crippen molar-refractivity contribution in [3.63, 3.8) is 0 Å². The van der Waals surface area contributed by atoms with Crippen LogP contribution in [0.1, 0.15) is 12.5 Å². The second kappa shape index (κ2) is 5.51. The number of rotatable bonds is 3. The van der Waals surface area contributed by atoms with Crippen molar-refractivity contribution in [2.45, 2.75) is 13.3 Å². The minimum absolute atomic E-state index is 0.0136. The van der Waals surface area contributed by atoms with Crippen molar-refractivity contribution >= 4 is 11.7 Å². The van der Waals surface area contributed by atoms with Crippen molar-refractivity contribution in [3.05, 3.63) is 45.5 Å². The molecule has 0 N–H and O–H groups in total. The predicted octanol–water partition coefficient (Wildman–Crippen LogP) is 2.02. The van der Waals surface area contributed by atoms with Gasteiger partial charge in [0, 0.05) is 30.2 Å². The van der Waals surface area contributed by atoms with Gasteiger partial charge < -0.3 is 9.47 Å². The van der Waals surface area contributed by atoms with E-state index in [0.29, 0.717) is 30.9 Å². The summed E-state index contributed by atoms with van der Waals surface area (Å²) in [5.74, 6) is 0.196. The predicted molar refractivity (Wildman–Crippen MR) is 67.0 cm³/mol. The molecule has 0 atom stereocenters. The standard InChI is InChI=1S/C13H13NO5/c1-2-18-13(15)6-9-5-10-7-11(14(16)17)3-4-12(10)19-8-9/h3-4,6-7H,2,5,8H2,1H3/b9-6-. The Morgan fingerprint density at radius 2 is 2.37 bits per heavy atom. The fourth-order valence-corrected chi connectivity index (χ4v) is 1.87. The average molecular weight is 263 g/mol. The molecule has 1 aromatic carbocycles. The molecule has 0 aromatic heterocycles. The van der Waals surface area contributed by atoms with Crippen LogP contribution < -0.4 is 4.74 Å². The maximum absolute atomic E-state index is 11.3.